The van der Waals surface area contributed by atoms with Gasteiger partial charge in [0.25, 0.3) is 5.91 Å². The number of hydrogen-bond donors (Lipinski definition) is 1. The lowest BCUT2D eigenvalue weighted by Crippen LogP contribution is -2.31. The van der Waals surface area contributed by atoms with Crippen LogP contribution in [0.3, 0.4) is 0 Å². The predicted molar refractivity (Wildman–Crippen MR) is 178 cm³/mol. The van der Waals surface area contributed by atoms with E-state index in [-0.39, 0.29) is 34.6 Å². The third kappa shape index (κ3) is 5.97. The summed E-state index contributed by atoms with van der Waals surface area (Å²) in [7, 11) is 1.49. The second-order valence-electron chi connectivity index (χ2n) is 10.7. The van der Waals surface area contributed by atoms with E-state index < -0.39 is 29.5 Å². The quantitative estimate of drug-likeness (QED) is 0.108. The minimum atomic E-state index is -1.18. The highest BCUT2D eigenvalue weighted by Gasteiger charge is 2.47. The Morgan fingerprint density at radius 1 is 0.958 bits per heavy atom. The molecule has 1 N–H and O–H groups in total. The largest absolute Gasteiger partial charge is 0.503 e. The van der Waals surface area contributed by atoms with E-state index in [1.54, 1.807) is 50.2 Å². The van der Waals surface area contributed by atoms with E-state index in [1.807, 2.05) is 37.3 Å². The normalized spacial score (nSPS) is 14.5. The number of nitrogens with zero attached hydrogens (tertiary/aromatic N) is 2. The molecule has 6 rings (SSSR count). The maximum absolute atomic E-state index is 14.3. The van der Waals surface area contributed by atoms with Crippen molar-refractivity contribution in [1.82, 2.24) is 4.98 Å². The summed E-state index contributed by atoms with van der Waals surface area (Å²) in [6.07, 6.45) is 0. The molecule has 3 aromatic carbocycles. The Labute approximate surface area is 279 Å². The first-order valence-electron chi connectivity index (χ1n) is 15.2. The van der Waals surface area contributed by atoms with E-state index in [2.05, 4.69) is 4.98 Å². The zero-order valence-corrected chi connectivity index (χ0v) is 27.5. The lowest BCUT2D eigenvalue weighted by atomic mass is 9.95. The van der Waals surface area contributed by atoms with Crippen molar-refractivity contribution in [2.75, 3.05) is 25.2 Å². The molecule has 1 atom stereocenters. The monoisotopic (exact) mass is 668 g/mol. The fraction of sp³-hybridized carbons (Fsp3) is 0.222. The molecule has 11 nitrogen and oxygen atoms in total. The van der Waals surface area contributed by atoms with Crippen molar-refractivity contribution in [3.63, 3.8) is 0 Å². The summed E-state index contributed by atoms with van der Waals surface area (Å²) in [6.45, 7) is 5.87. The molecular weight excluding hydrogens is 636 g/mol. The highest BCUT2D eigenvalue weighted by molar-refractivity contribution is 7.17. The van der Waals surface area contributed by atoms with Crippen LogP contribution in [0.2, 0.25) is 0 Å². The number of ether oxygens (including phenoxy) is 4. The molecule has 0 bridgehead atoms. The van der Waals surface area contributed by atoms with Crippen LogP contribution in [0.15, 0.2) is 88.5 Å². The van der Waals surface area contributed by atoms with Crippen LogP contribution in [0.1, 0.15) is 56.9 Å². The number of thiazole rings is 1. The second-order valence-corrected chi connectivity index (χ2v) is 11.7. The molecule has 1 aliphatic rings. The number of aliphatic hydroxyl groups is 1. The van der Waals surface area contributed by atoms with Gasteiger partial charge in [-0.3, -0.25) is 14.5 Å². The van der Waals surface area contributed by atoms with Crippen molar-refractivity contribution in [3.8, 4) is 17.2 Å². The molecule has 48 heavy (non-hydrogen) atoms. The third-order valence-electron chi connectivity index (χ3n) is 7.68. The number of fused-ring (bicyclic) bond motifs is 1. The van der Waals surface area contributed by atoms with Gasteiger partial charge in [0.15, 0.2) is 39.5 Å². The lowest BCUT2D eigenvalue weighted by Gasteiger charge is -2.25. The standard InChI is InChI=1S/C36H32N2O9S/c1-5-44-26-17-22(15-16-24(26)46-19-21-11-8-7-9-12-21)29-28(30(39)27-18-23-13-10-14-25(43-4)32(23)47-27)31(40)34(41)38(29)36-37-20(3)33(48-36)35(42)45-6-2/h7-18,29,40H,5-6,19H2,1-4H3. The molecule has 0 radical (unpaired) electrons. The molecule has 2 aromatic heterocycles. The van der Waals surface area contributed by atoms with Crippen LogP contribution in [0.25, 0.3) is 11.0 Å². The number of anilines is 1. The van der Waals surface area contributed by atoms with Crippen molar-refractivity contribution in [2.45, 2.75) is 33.4 Å². The summed E-state index contributed by atoms with van der Waals surface area (Å²) >= 11 is 0.925. The number of esters is 1. The maximum Gasteiger partial charge on any atom is 0.350 e. The minimum Gasteiger partial charge on any atom is -0.503 e. The van der Waals surface area contributed by atoms with Gasteiger partial charge in [0, 0.05) is 5.39 Å². The van der Waals surface area contributed by atoms with Crippen molar-refractivity contribution >= 4 is 45.1 Å². The number of aliphatic hydroxyl groups excluding tert-OH is 1. The van der Waals surface area contributed by atoms with Gasteiger partial charge in [-0.15, -0.1) is 0 Å². The van der Waals surface area contributed by atoms with E-state index in [0.29, 0.717) is 46.1 Å². The highest BCUT2D eigenvalue weighted by Crippen LogP contribution is 2.46. The number of carbonyl (C=O) groups is 3. The first-order valence-corrected chi connectivity index (χ1v) is 16.0. The second kappa shape index (κ2) is 13.6. The number of hydrogen-bond acceptors (Lipinski definition) is 11. The van der Waals surface area contributed by atoms with Crippen LogP contribution >= 0.6 is 11.3 Å². The molecule has 0 fully saturated rings. The van der Waals surface area contributed by atoms with Crippen LogP contribution in [0, 0.1) is 6.92 Å². The molecule has 12 heteroatoms. The fourth-order valence-electron chi connectivity index (χ4n) is 5.48. The van der Waals surface area contributed by atoms with E-state index in [1.165, 1.54) is 18.1 Å². The molecule has 0 saturated carbocycles. The maximum atomic E-state index is 14.3. The zero-order valence-electron chi connectivity index (χ0n) is 26.6. The number of Topliss-reactive ketones (excluding diaryl/α,β-unsaturated/α-hetero) is 1. The number of carbonyl (C=O) groups excluding carboxylic acids is 3. The number of benzene rings is 3. The van der Waals surface area contributed by atoms with E-state index >= 15 is 0 Å². The Hall–Kier alpha value is -5.62. The van der Waals surface area contributed by atoms with Gasteiger partial charge in [-0.2, -0.15) is 0 Å². The number of amides is 1. The van der Waals surface area contributed by atoms with Gasteiger partial charge in [0.1, 0.15) is 11.5 Å². The van der Waals surface area contributed by atoms with E-state index in [0.717, 1.165) is 16.9 Å². The predicted octanol–water partition coefficient (Wildman–Crippen LogP) is 7.14. The number of ketones is 1. The first-order chi connectivity index (χ1) is 23.2. The van der Waals surface area contributed by atoms with Gasteiger partial charge in [-0.25, -0.2) is 9.78 Å². The Kier molecular flexibility index (Phi) is 9.17. The van der Waals surface area contributed by atoms with Gasteiger partial charge >= 0.3 is 5.97 Å². The molecule has 0 spiro atoms. The number of aromatic nitrogens is 1. The Morgan fingerprint density at radius 3 is 2.48 bits per heavy atom. The number of para-hydroxylation sites is 1. The molecule has 1 aliphatic heterocycles. The van der Waals surface area contributed by atoms with Crippen LogP contribution in [-0.4, -0.2) is 48.1 Å². The van der Waals surface area contributed by atoms with Gasteiger partial charge in [0.2, 0.25) is 5.78 Å². The summed E-state index contributed by atoms with van der Waals surface area (Å²) in [5, 5.41) is 12.1. The first kappa shape index (κ1) is 32.3. The zero-order chi connectivity index (χ0) is 33.9. The Bertz CT molecular complexity index is 2050. The van der Waals surface area contributed by atoms with E-state index in [4.69, 9.17) is 23.4 Å². The van der Waals surface area contributed by atoms with Crippen LogP contribution in [0.4, 0.5) is 5.13 Å². The number of methoxy groups -OCH3 is 1. The lowest BCUT2D eigenvalue weighted by molar-refractivity contribution is -0.117. The van der Waals surface area contributed by atoms with Gasteiger partial charge < -0.3 is 28.5 Å². The molecule has 3 heterocycles. The highest BCUT2D eigenvalue weighted by atomic mass is 32.1. The molecular formula is C36H32N2O9S. The SMILES string of the molecule is CCOC(=O)c1sc(N2C(=O)C(O)=C(C(=O)c3cc4cccc(OC)c4o3)C2c2ccc(OCc3ccccc3)c(OCC)c2)nc1C. The van der Waals surface area contributed by atoms with Crippen LogP contribution < -0.4 is 19.1 Å². The average molecular weight is 669 g/mol. The van der Waals surface area contributed by atoms with Crippen LogP contribution in [0.5, 0.6) is 17.2 Å². The van der Waals surface area contributed by atoms with Crippen molar-refractivity contribution in [1.29, 1.82) is 0 Å². The third-order valence-corrected chi connectivity index (χ3v) is 8.81. The van der Waals surface area contributed by atoms with Crippen molar-refractivity contribution < 1.29 is 42.9 Å². The molecule has 1 amide bonds. The summed E-state index contributed by atoms with van der Waals surface area (Å²) in [4.78, 5) is 46.7. The molecule has 0 aliphatic carbocycles. The number of rotatable bonds is 12. The number of aryl methyl sites for hydroxylation is 1. The number of furan rings is 1. The van der Waals surface area contributed by atoms with E-state index in [9.17, 15) is 19.5 Å². The molecule has 1 unspecified atom stereocenters. The van der Waals surface area contributed by atoms with Gasteiger partial charge in [-0.05, 0) is 56.2 Å². The summed E-state index contributed by atoms with van der Waals surface area (Å²) in [5.74, 6) is -1.83. The molecule has 0 saturated heterocycles. The molecule has 5 aromatic rings. The topological polar surface area (TPSA) is 138 Å². The van der Waals surface area contributed by atoms with Crippen LogP contribution in [-0.2, 0) is 16.1 Å². The molecule has 246 valence electrons. The fourth-order valence-corrected chi connectivity index (χ4v) is 6.47. The summed E-state index contributed by atoms with van der Waals surface area (Å²) in [5.41, 5.74) is 1.82. The summed E-state index contributed by atoms with van der Waals surface area (Å²) in [6, 6.07) is 20.2. The summed E-state index contributed by atoms with van der Waals surface area (Å²) < 4.78 is 28.6. The smallest absolute Gasteiger partial charge is 0.350 e. The van der Waals surface area contributed by atoms with Crippen molar-refractivity contribution in [2.24, 2.45) is 0 Å². The van der Waals surface area contributed by atoms with Gasteiger partial charge in [-0.1, -0.05) is 59.9 Å². The minimum absolute atomic E-state index is 0.0912. The Balaban J connectivity index is 1.46. The average Bonchev–Trinajstić information content (AvgIpc) is 3.78. The Morgan fingerprint density at radius 2 is 1.75 bits per heavy atom. The van der Waals surface area contributed by atoms with Crippen molar-refractivity contribution in [3.05, 3.63) is 112 Å². The van der Waals surface area contributed by atoms with Gasteiger partial charge in [0.05, 0.1) is 37.6 Å².